The van der Waals surface area contributed by atoms with Gasteiger partial charge in [-0.15, -0.1) is 0 Å². The van der Waals surface area contributed by atoms with Gasteiger partial charge in [-0.1, -0.05) is 0 Å². The van der Waals surface area contributed by atoms with Gasteiger partial charge in [0.1, 0.15) is 0 Å². The Hall–Kier alpha value is -1.22. The maximum absolute atomic E-state index is 10.3. The van der Waals surface area contributed by atoms with Gasteiger partial charge in [-0.05, 0) is 6.92 Å². The molecule has 0 aliphatic carbocycles. The molecule has 16 heavy (non-hydrogen) atoms. The Morgan fingerprint density at radius 2 is 1.81 bits per heavy atom. The number of carbonyl (C=O) groups is 2. The predicted octanol–water partition coefficient (Wildman–Crippen LogP) is -1.98. The van der Waals surface area contributed by atoms with Crippen molar-refractivity contribution in [1.29, 1.82) is 0 Å². The maximum atomic E-state index is 10.3. The monoisotopic (exact) mass is 236 g/mol. The molecule has 8 nitrogen and oxygen atoms in total. The highest BCUT2D eigenvalue weighted by Gasteiger charge is 2.27. The predicted molar refractivity (Wildman–Crippen MR) is 52.7 cm³/mol. The van der Waals surface area contributed by atoms with E-state index in [4.69, 9.17) is 14.9 Å². The van der Waals surface area contributed by atoms with Crippen molar-refractivity contribution in [2.75, 3.05) is 26.2 Å². The van der Waals surface area contributed by atoms with E-state index >= 15 is 0 Å². The van der Waals surface area contributed by atoms with Gasteiger partial charge in [0.15, 0.2) is 0 Å². The van der Waals surface area contributed by atoms with Crippen LogP contribution in [0.15, 0.2) is 0 Å². The summed E-state index contributed by atoms with van der Waals surface area (Å²) in [6.07, 6.45) is 0. The number of carboxylic acids is 2. The first-order valence-corrected chi connectivity index (χ1v) is 4.65. The van der Waals surface area contributed by atoms with Crippen LogP contribution in [0.2, 0.25) is 0 Å². The number of nitrogens with one attached hydrogen (secondary N) is 2. The SMILES string of the molecule is CCOC(O)(CNCC(=O)O)NCC(=O)O. The van der Waals surface area contributed by atoms with Gasteiger partial charge in [0.2, 0.25) is 5.91 Å². The molecule has 1 atom stereocenters. The molecule has 0 rings (SSSR count). The number of rotatable bonds is 9. The van der Waals surface area contributed by atoms with E-state index < -0.39 is 24.4 Å². The van der Waals surface area contributed by atoms with Crippen molar-refractivity contribution in [3.05, 3.63) is 0 Å². The summed E-state index contributed by atoms with van der Waals surface area (Å²) in [7, 11) is 0. The summed E-state index contributed by atoms with van der Waals surface area (Å²) in [5.41, 5.74) is 0. The third kappa shape index (κ3) is 7.12. The standard InChI is InChI=1S/C8H16N2O6/c1-2-16-8(15,10-4-7(13)14)5-9-3-6(11)12/h9-10,15H,2-5H2,1H3,(H,11,12)(H,13,14). The van der Waals surface area contributed by atoms with Gasteiger partial charge in [-0.3, -0.25) is 14.9 Å². The number of aliphatic hydroxyl groups is 1. The van der Waals surface area contributed by atoms with Gasteiger partial charge < -0.3 is 25.4 Å². The third-order valence-corrected chi connectivity index (χ3v) is 1.54. The van der Waals surface area contributed by atoms with Gasteiger partial charge in [-0.25, -0.2) is 0 Å². The molecule has 1 unspecified atom stereocenters. The number of carboxylic acid groups (broad SMARTS) is 2. The van der Waals surface area contributed by atoms with E-state index in [9.17, 15) is 14.7 Å². The minimum absolute atomic E-state index is 0.151. The van der Waals surface area contributed by atoms with Crippen LogP contribution in [0.1, 0.15) is 6.92 Å². The van der Waals surface area contributed by atoms with Gasteiger partial charge in [0.05, 0.1) is 19.6 Å². The highest BCUT2D eigenvalue weighted by molar-refractivity contribution is 5.69. The van der Waals surface area contributed by atoms with Crippen LogP contribution in [-0.4, -0.2) is 59.4 Å². The zero-order valence-corrected chi connectivity index (χ0v) is 8.89. The molecule has 0 saturated carbocycles. The second kappa shape index (κ2) is 7.12. The van der Waals surface area contributed by atoms with Gasteiger partial charge in [0, 0.05) is 6.61 Å². The Labute approximate surface area is 92.2 Å². The molecule has 0 aromatic heterocycles. The van der Waals surface area contributed by atoms with E-state index in [1.165, 1.54) is 0 Å². The number of aliphatic carboxylic acids is 2. The lowest BCUT2D eigenvalue weighted by Crippen LogP contribution is -2.56. The van der Waals surface area contributed by atoms with Crippen LogP contribution in [0, 0.1) is 0 Å². The quantitative estimate of drug-likeness (QED) is 0.291. The molecule has 0 spiro atoms. The first kappa shape index (κ1) is 14.8. The summed E-state index contributed by atoms with van der Waals surface area (Å²) in [6, 6.07) is 0. The van der Waals surface area contributed by atoms with E-state index in [-0.39, 0.29) is 19.7 Å². The average Bonchev–Trinajstić information content (AvgIpc) is 2.15. The number of hydrogen-bond donors (Lipinski definition) is 5. The second-order valence-corrected chi connectivity index (χ2v) is 2.96. The fraction of sp³-hybridized carbons (Fsp3) is 0.750. The molecule has 0 aliphatic heterocycles. The van der Waals surface area contributed by atoms with Gasteiger partial charge in [0.25, 0.3) is 0 Å². The van der Waals surface area contributed by atoms with Gasteiger partial charge >= 0.3 is 11.9 Å². The Morgan fingerprint density at radius 3 is 2.25 bits per heavy atom. The molecule has 0 fully saturated rings. The molecule has 0 radical (unpaired) electrons. The highest BCUT2D eigenvalue weighted by atomic mass is 16.6. The maximum Gasteiger partial charge on any atom is 0.317 e. The van der Waals surface area contributed by atoms with Crippen molar-refractivity contribution in [1.82, 2.24) is 10.6 Å². The van der Waals surface area contributed by atoms with Crippen molar-refractivity contribution >= 4 is 11.9 Å². The van der Waals surface area contributed by atoms with Crippen LogP contribution >= 0.6 is 0 Å². The topological polar surface area (TPSA) is 128 Å². The van der Waals surface area contributed by atoms with Crippen LogP contribution in [0.25, 0.3) is 0 Å². The van der Waals surface area contributed by atoms with Crippen molar-refractivity contribution in [2.45, 2.75) is 12.8 Å². The highest BCUT2D eigenvalue weighted by Crippen LogP contribution is 2.00. The minimum atomic E-state index is -1.89. The zero-order valence-electron chi connectivity index (χ0n) is 8.89. The molecule has 5 N–H and O–H groups in total. The Kier molecular flexibility index (Phi) is 6.58. The van der Waals surface area contributed by atoms with E-state index in [1.54, 1.807) is 6.92 Å². The smallest absolute Gasteiger partial charge is 0.317 e. The third-order valence-electron chi connectivity index (χ3n) is 1.54. The largest absolute Gasteiger partial charge is 0.480 e. The van der Waals surface area contributed by atoms with E-state index in [2.05, 4.69) is 10.6 Å². The number of hydrogen-bond acceptors (Lipinski definition) is 6. The van der Waals surface area contributed by atoms with E-state index in [1.807, 2.05) is 0 Å². The first-order chi connectivity index (χ1) is 7.39. The zero-order chi connectivity index (χ0) is 12.6. The van der Waals surface area contributed by atoms with Gasteiger partial charge in [-0.2, -0.15) is 0 Å². The lowest BCUT2D eigenvalue weighted by atomic mass is 10.4. The summed E-state index contributed by atoms with van der Waals surface area (Å²) in [5, 5.41) is 31.1. The molecule has 0 bridgehead atoms. The van der Waals surface area contributed by atoms with Crippen LogP contribution in [0.4, 0.5) is 0 Å². The van der Waals surface area contributed by atoms with Crippen molar-refractivity contribution in [3.63, 3.8) is 0 Å². The van der Waals surface area contributed by atoms with Crippen molar-refractivity contribution in [3.8, 4) is 0 Å². The van der Waals surface area contributed by atoms with E-state index in [0.717, 1.165) is 0 Å². The molecule has 94 valence electrons. The van der Waals surface area contributed by atoms with Crippen LogP contribution in [0.3, 0.4) is 0 Å². The van der Waals surface area contributed by atoms with Crippen molar-refractivity contribution in [2.24, 2.45) is 0 Å². The number of ether oxygens (including phenoxy) is 1. The fourth-order valence-corrected chi connectivity index (χ4v) is 0.956. The summed E-state index contributed by atoms with van der Waals surface area (Å²) in [5.74, 6) is -4.13. The average molecular weight is 236 g/mol. The van der Waals surface area contributed by atoms with E-state index in [0.29, 0.717) is 0 Å². The lowest BCUT2D eigenvalue weighted by Gasteiger charge is -2.28. The summed E-state index contributed by atoms with van der Waals surface area (Å²) < 4.78 is 4.89. The Bertz CT molecular complexity index is 247. The molecule has 0 aromatic rings. The molecular weight excluding hydrogens is 220 g/mol. The molecular formula is C8H16N2O6. The first-order valence-electron chi connectivity index (χ1n) is 4.65. The summed E-state index contributed by atoms with van der Waals surface area (Å²) in [6.45, 7) is 0.679. The summed E-state index contributed by atoms with van der Waals surface area (Å²) >= 11 is 0. The lowest BCUT2D eigenvalue weighted by molar-refractivity contribution is -0.219. The van der Waals surface area contributed by atoms with Crippen LogP contribution < -0.4 is 10.6 Å². The molecule has 0 saturated heterocycles. The second-order valence-electron chi connectivity index (χ2n) is 2.96. The molecule has 0 aromatic carbocycles. The Morgan fingerprint density at radius 1 is 1.25 bits per heavy atom. The fourth-order valence-electron chi connectivity index (χ4n) is 0.956. The molecule has 0 amide bonds. The normalized spacial score (nSPS) is 14.4. The van der Waals surface area contributed by atoms with Crippen LogP contribution in [0.5, 0.6) is 0 Å². The molecule has 0 heterocycles. The summed E-state index contributed by atoms with van der Waals surface area (Å²) in [4.78, 5) is 20.5. The minimum Gasteiger partial charge on any atom is -0.480 e. The molecule has 8 heteroatoms. The van der Waals surface area contributed by atoms with Crippen molar-refractivity contribution < 1.29 is 29.6 Å². The van der Waals surface area contributed by atoms with Crippen LogP contribution in [-0.2, 0) is 14.3 Å². The molecule has 0 aliphatic rings. The Balaban J connectivity index is 4.09.